The summed E-state index contributed by atoms with van der Waals surface area (Å²) in [6.45, 7) is 6.29. The Morgan fingerprint density at radius 2 is 1.61 bits per heavy atom. The molecule has 5 heteroatoms. The van der Waals surface area contributed by atoms with Crippen molar-refractivity contribution in [3.05, 3.63) is 65.9 Å². The summed E-state index contributed by atoms with van der Waals surface area (Å²) in [4.78, 5) is 29.3. The minimum Gasteiger partial charge on any atom is -0.491 e. The Kier molecular flexibility index (Phi) is 5.83. The number of para-hydroxylation sites is 1. The molecule has 3 rings (SSSR count). The van der Waals surface area contributed by atoms with E-state index in [-0.39, 0.29) is 17.9 Å². The van der Waals surface area contributed by atoms with E-state index in [1.165, 1.54) is 4.90 Å². The van der Waals surface area contributed by atoms with E-state index in [1.807, 2.05) is 82.4 Å². The predicted molar refractivity (Wildman–Crippen MR) is 111 cm³/mol. The number of nitrogens with zero attached hydrogens (tertiary/aromatic N) is 2. The summed E-state index contributed by atoms with van der Waals surface area (Å²) in [6.07, 6.45) is 0.786. The standard InChI is InChI=1S/C23H26N2O3/c1-5-15-25-22(26)20(17-11-13-19(14-12-17)28-16(2)3)21(23(25)27)24(4)18-9-7-6-8-10-18/h6-14,16H,5,15H2,1-4H3. The molecule has 1 heterocycles. The molecule has 0 fully saturated rings. The van der Waals surface area contributed by atoms with Crippen LogP contribution in [0.15, 0.2) is 60.3 Å². The zero-order chi connectivity index (χ0) is 20.3. The van der Waals surface area contributed by atoms with E-state index in [9.17, 15) is 9.59 Å². The number of benzene rings is 2. The van der Waals surface area contributed by atoms with Gasteiger partial charge >= 0.3 is 0 Å². The van der Waals surface area contributed by atoms with Gasteiger partial charge in [0.15, 0.2) is 0 Å². The van der Waals surface area contributed by atoms with E-state index in [0.717, 1.165) is 11.4 Å². The maximum atomic E-state index is 13.1. The van der Waals surface area contributed by atoms with Crippen LogP contribution < -0.4 is 9.64 Å². The van der Waals surface area contributed by atoms with Gasteiger partial charge in [-0.05, 0) is 50.1 Å². The second kappa shape index (κ2) is 8.30. The molecule has 2 aromatic rings. The molecule has 146 valence electrons. The number of carbonyl (C=O) groups is 2. The lowest BCUT2D eigenvalue weighted by Crippen LogP contribution is -2.34. The minimum atomic E-state index is -0.254. The lowest BCUT2D eigenvalue weighted by Gasteiger charge is -2.21. The van der Waals surface area contributed by atoms with Crippen molar-refractivity contribution in [2.45, 2.75) is 33.3 Å². The number of carbonyl (C=O) groups excluding carboxylic acids is 2. The van der Waals surface area contributed by atoms with Gasteiger partial charge in [0, 0.05) is 19.3 Å². The van der Waals surface area contributed by atoms with Crippen molar-refractivity contribution in [3.63, 3.8) is 0 Å². The van der Waals surface area contributed by atoms with E-state index in [4.69, 9.17) is 4.74 Å². The first kappa shape index (κ1) is 19.7. The highest BCUT2D eigenvalue weighted by atomic mass is 16.5. The van der Waals surface area contributed by atoms with Gasteiger partial charge in [-0.2, -0.15) is 0 Å². The summed E-state index contributed by atoms with van der Waals surface area (Å²) in [6, 6.07) is 16.9. The van der Waals surface area contributed by atoms with Crippen molar-refractivity contribution in [3.8, 4) is 5.75 Å². The van der Waals surface area contributed by atoms with E-state index in [1.54, 1.807) is 4.90 Å². The van der Waals surface area contributed by atoms with Gasteiger partial charge in [0.25, 0.3) is 11.8 Å². The highest BCUT2D eigenvalue weighted by Crippen LogP contribution is 2.34. The fraction of sp³-hybridized carbons (Fsp3) is 0.304. The zero-order valence-electron chi connectivity index (χ0n) is 16.8. The van der Waals surface area contributed by atoms with Crippen LogP contribution in [0, 0.1) is 0 Å². The SMILES string of the molecule is CCCN1C(=O)C(c2ccc(OC(C)C)cc2)=C(N(C)c2ccccc2)C1=O. The predicted octanol–water partition coefficient (Wildman–Crippen LogP) is 4.10. The Balaban J connectivity index is 2.06. The molecule has 0 N–H and O–H groups in total. The molecule has 0 aromatic heterocycles. The molecule has 1 aliphatic heterocycles. The van der Waals surface area contributed by atoms with Crippen molar-refractivity contribution in [2.24, 2.45) is 0 Å². The summed E-state index contributed by atoms with van der Waals surface area (Å²) in [7, 11) is 1.82. The molecule has 0 atom stereocenters. The van der Waals surface area contributed by atoms with E-state index < -0.39 is 0 Å². The maximum Gasteiger partial charge on any atom is 0.278 e. The first-order valence-corrected chi connectivity index (χ1v) is 9.60. The molecule has 0 radical (unpaired) electrons. The average Bonchev–Trinajstić information content (AvgIpc) is 2.93. The van der Waals surface area contributed by atoms with E-state index >= 15 is 0 Å². The molecule has 0 unspecified atom stereocenters. The van der Waals surface area contributed by atoms with Gasteiger partial charge in [-0.1, -0.05) is 37.3 Å². The monoisotopic (exact) mass is 378 g/mol. The third kappa shape index (κ3) is 3.79. The van der Waals surface area contributed by atoms with Crippen LogP contribution >= 0.6 is 0 Å². The Hall–Kier alpha value is -3.08. The van der Waals surface area contributed by atoms with Crippen LogP contribution in [0.4, 0.5) is 5.69 Å². The number of likely N-dealkylation sites (N-methyl/N-ethyl adjacent to an activating group) is 1. The summed E-state index contributed by atoms with van der Waals surface area (Å²) in [5.41, 5.74) is 2.41. The molecule has 1 aliphatic rings. The molecular weight excluding hydrogens is 352 g/mol. The van der Waals surface area contributed by atoms with Gasteiger partial charge in [0.2, 0.25) is 0 Å². The molecule has 0 bridgehead atoms. The van der Waals surface area contributed by atoms with Gasteiger partial charge in [0.1, 0.15) is 11.4 Å². The largest absolute Gasteiger partial charge is 0.491 e. The molecule has 0 aliphatic carbocycles. The van der Waals surface area contributed by atoms with Gasteiger partial charge < -0.3 is 9.64 Å². The third-order valence-corrected chi connectivity index (χ3v) is 4.58. The zero-order valence-corrected chi connectivity index (χ0v) is 16.8. The Morgan fingerprint density at radius 1 is 0.964 bits per heavy atom. The number of imide groups is 1. The molecule has 0 spiro atoms. The van der Waals surface area contributed by atoms with Crippen LogP contribution in [0.2, 0.25) is 0 Å². The topological polar surface area (TPSA) is 49.9 Å². The molecule has 2 amide bonds. The smallest absolute Gasteiger partial charge is 0.278 e. The van der Waals surface area contributed by atoms with Crippen molar-refractivity contribution >= 4 is 23.1 Å². The van der Waals surface area contributed by atoms with Crippen LogP contribution in [0.5, 0.6) is 5.75 Å². The molecular formula is C23H26N2O3. The van der Waals surface area contributed by atoms with Gasteiger partial charge in [-0.25, -0.2) is 0 Å². The Morgan fingerprint density at radius 3 is 2.18 bits per heavy atom. The Labute approximate surface area is 166 Å². The van der Waals surface area contributed by atoms with Crippen LogP contribution in [-0.2, 0) is 9.59 Å². The summed E-state index contributed by atoms with van der Waals surface area (Å²) >= 11 is 0. The molecule has 2 aromatic carbocycles. The fourth-order valence-electron chi connectivity index (χ4n) is 3.31. The van der Waals surface area contributed by atoms with Crippen LogP contribution in [-0.4, -0.2) is 36.4 Å². The maximum absolute atomic E-state index is 13.1. The highest BCUT2D eigenvalue weighted by Gasteiger charge is 2.40. The number of ether oxygens (including phenoxy) is 1. The summed E-state index contributed by atoms with van der Waals surface area (Å²) in [5, 5.41) is 0. The quantitative estimate of drug-likeness (QED) is 0.681. The fourth-order valence-corrected chi connectivity index (χ4v) is 3.31. The minimum absolute atomic E-state index is 0.0691. The van der Waals surface area contributed by atoms with Crippen LogP contribution in [0.3, 0.4) is 0 Å². The number of anilines is 1. The van der Waals surface area contributed by atoms with Crippen molar-refractivity contribution in [1.29, 1.82) is 0 Å². The second-order valence-corrected chi connectivity index (χ2v) is 7.07. The van der Waals surface area contributed by atoms with Gasteiger partial charge in [-0.15, -0.1) is 0 Å². The van der Waals surface area contributed by atoms with Gasteiger partial charge in [-0.3, -0.25) is 14.5 Å². The molecule has 0 saturated heterocycles. The normalized spacial score (nSPS) is 14.2. The van der Waals surface area contributed by atoms with Crippen molar-refractivity contribution < 1.29 is 14.3 Å². The summed E-state index contributed by atoms with van der Waals surface area (Å²) in [5.74, 6) is 0.234. The number of rotatable bonds is 7. The van der Waals surface area contributed by atoms with Gasteiger partial charge in [0.05, 0.1) is 11.7 Å². The second-order valence-electron chi connectivity index (χ2n) is 7.07. The Bertz CT molecular complexity index is 886. The highest BCUT2D eigenvalue weighted by molar-refractivity contribution is 6.36. The van der Waals surface area contributed by atoms with Crippen LogP contribution in [0.1, 0.15) is 32.8 Å². The van der Waals surface area contributed by atoms with E-state index in [2.05, 4.69) is 0 Å². The lowest BCUT2D eigenvalue weighted by atomic mass is 10.0. The number of amides is 2. The molecule has 5 nitrogen and oxygen atoms in total. The molecule has 0 saturated carbocycles. The first-order chi connectivity index (χ1) is 13.4. The number of hydrogen-bond donors (Lipinski definition) is 0. The third-order valence-electron chi connectivity index (χ3n) is 4.58. The first-order valence-electron chi connectivity index (χ1n) is 9.60. The van der Waals surface area contributed by atoms with E-state index in [0.29, 0.717) is 29.8 Å². The van der Waals surface area contributed by atoms with Crippen LogP contribution in [0.25, 0.3) is 5.57 Å². The lowest BCUT2D eigenvalue weighted by molar-refractivity contribution is -0.136. The average molecular weight is 378 g/mol. The van der Waals surface area contributed by atoms with Crippen molar-refractivity contribution in [1.82, 2.24) is 4.90 Å². The summed E-state index contributed by atoms with van der Waals surface area (Å²) < 4.78 is 5.69. The number of hydrogen-bond acceptors (Lipinski definition) is 4. The molecule has 28 heavy (non-hydrogen) atoms. The van der Waals surface area contributed by atoms with Crippen molar-refractivity contribution in [2.75, 3.05) is 18.5 Å².